The van der Waals surface area contributed by atoms with Crippen LogP contribution in [0.5, 0.6) is 0 Å². The maximum atomic E-state index is 9.25. The van der Waals surface area contributed by atoms with Crippen molar-refractivity contribution in [2.75, 3.05) is 0 Å². The number of para-hydroxylation sites is 1. The Labute approximate surface area is 99.1 Å². The molecule has 86 valence electrons. The van der Waals surface area contributed by atoms with Gasteiger partial charge in [-0.15, -0.1) is 0 Å². The summed E-state index contributed by atoms with van der Waals surface area (Å²) in [4.78, 5) is 0. The van der Waals surface area contributed by atoms with Gasteiger partial charge in [0.25, 0.3) is 0 Å². The topological polar surface area (TPSA) is 53.6 Å². The average Bonchev–Trinajstić information content (AvgIpc) is 2.61. The molecule has 4 heteroatoms. The molecule has 0 saturated heterocycles. The number of hydrogen-bond acceptors (Lipinski definition) is 3. The Bertz CT molecular complexity index is 668. The first-order chi connectivity index (χ1) is 8.15. The Morgan fingerprint density at radius 1 is 1.35 bits per heavy atom. The van der Waals surface area contributed by atoms with Gasteiger partial charge in [-0.2, -0.15) is 0 Å². The van der Waals surface area contributed by atoms with E-state index in [1.165, 1.54) is 0 Å². The summed E-state index contributed by atoms with van der Waals surface area (Å²) in [6.45, 7) is 5.74. The van der Waals surface area contributed by atoms with Gasteiger partial charge in [0.1, 0.15) is 11.0 Å². The first-order valence-electron chi connectivity index (χ1n) is 5.34. The molecule has 0 aliphatic heterocycles. The predicted molar refractivity (Wildman–Crippen MR) is 70.1 cm³/mol. The van der Waals surface area contributed by atoms with E-state index in [-0.39, 0.29) is 0 Å². The molecule has 0 amide bonds. The molecule has 2 rings (SSSR count). The minimum absolute atomic E-state index is 0.354. The van der Waals surface area contributed by atoms with Gasteiger partial charge in [0.05, 0.1) is 0 Å². The summed E-state index contributed by atoms with van der Waals surface area (Å²) in [6.07, 6.45) is 5.69. The highest BCUT2D eigenvalue weighted by atomic mass is 16.4. The molecule has 0 saturated carbocycles. The molecule has 0 bridgehead atoms. The van der Waals surface area contributed by atoms with Crippen molar-refractivity contribution in [3.8, 4) is 0 Å². The number of hydrogen-bond donors (Lipinski definition) is 2. The SMILES string of the molecule is C=c1oc2c(B(O)O)cccc2/c1=C/C=C\C. The fourth-order valence-corrected chi connectivity index (χ4v) is 1.79. The molecule has 17 heavy (non-hydrogen) atoms. The molecule has 1 aromatic heterocycles. The molecule has 1 aromatic carbocycles. The summed E-state index contributed by atoms with van der Waals surface area (Å²) in [6, 6.07) is 5.25. The molecular weight excluding hydrogens is 215 g/mol. The van der Waals surface area contributed by atoms with Gasteiger partial charge >= 0.3 is 7.12 Å². The number of fused-ring (bicyclic) bond motifs is 1. The first-order valence-corrected chi connectivity index (χ1v) is 5.34. The highest BCUT2D eigenvalue weighted by molar-refractivity contribution is 6.61. The molecule has 0 radical (unpaired) electrons. The largest absolute Gasteiger partial charge is 0.492 e. The van der Waals surface area contributed by atoms with Crippen molar-refractivity contribution in [1.82, 2.24) is 0 Å². The zero-order valence-electron chi connectivity index (χ0n) is 9.55. The summed E-state index contributed by atoms with van der Waals surface area (Å²) >= 11 is 0. The summed E-state index contributed by atoms with van der Waals surface area (Å²) in [5.74, 6) is 0. The molecule has 3 nitrogen and oxygen atoms in total. The fraction of sp³-hybridized carbons (Fsp3) is 0.0769. The average molecular weight is 228 g/mol. The molecule has 0 spiro atoms. The highest BCUT2D eigenvalue weighted by Crippen LogP contribution is 2.05. The van der Waals surface area contributed by atoms with Crippen LogP contribution >= 0.6 is 0 Å². The summed E-state index contributed by atoms with van der Waals surface area (Å²) in [5, 5.41) is 20.2. The lowest BCUT2D eigenvalue weighted by atomic mass is 9.79. The first kappa shape index (κ1) is 11.7. The van der Waals surface area contributed by atoms with E-state index in [1.54, 1.807) is 12.1 Å². The van der Waals surface area contributed by atoms with E-state index in [9.17, 15) is 10.0 Å². The summed E-state index contributed by atoms with van der Waals surface area (Å²) < 4.78 is 5.49. The monoisotopic (exact) mass is 228 g/mol. The van der Waals surface area contributed by atoms with Crippen molar-refractivity contribution in [3.05, 3.63) is 41.0 Å². The lowest BCUT2D eigenvalue weighted by Crippen LogP contribution is -2.30. The second-order valence-electron chi connectivity index (χ2n) is 3.73. The third kappa shape index (κ3) is 2.05. The van der Waals surface area contributed by atoms with Gasteiger partial charge in [0.15, 0.2) is 0 Å². The van der Waals surface area contributed by atoms with Gasteiger partial charge in [-0.05, 0) is 6.92 Å². The van der Waals surface area contributed by atoms with Crippen LogP contribution in [0.25, 0.3) is 23.6 Å². The Balaban J connectivity index is 2.86. The second kappa shape index (κ2) is 4.61. The van der Waals surface area contributed by atoms with Crippen LogP contribution in [0.3, 0.4) is 0 Å². The number of rotatable bonds is 2. The quantitative estimate of drug-likeness (QED) is 0.704. The van der Waals surface area contributed by atoms with Gasteiger partial charge in [-0.25, -0.2) is 0 Å². The van der Waals surface area contributed by atoms with Crippen LogP contribution in [0.4, 0.5) is 0 Å². The van der Waals surface area contributed by atoms with Crippen LogP contribution in [0, 0.1) is 0 Å². The Morgan fingerprint density at radius 2 is 2.12 bits per heavy atom. The van der Waals surface area contributed by atoms with Crippen LogP contribution in [-0.4, -0.2) is 17.2 Å². The Hall–Kier alpha value is -1.78. The summed E-state index contributed by atoms with van der Waals surface area (Å²) in [7, 11) is -1.54. The molecule has 2 N–H and O–H groups in total. The van der Waals surface area contributed by atoms with Crippen LogP contribution in [-0.2, 0) is 0 Å². The highest BCUT2D eigenvalue weighted by Gasteiger charge is 2.17. The van der Waals surface area contributed by atoms with E-state index in [0.29, 0.717) is 16.5 Å². The van der Waals surface area contributed by atoms with Gasteiger partial charge < -0.3 is 14.5 Å². The molecule has 1 heterocycles. The maximum absolute atomic E-state index is 9.25. The van der Waals surface area contributed by atoms with Gasteiger partial charge in [-0.1, -0.05) is 43.0 Å². The molecule has 2 aromatic rings. The predicted octanol–water partition coefficient (Wildman–Crippen LogP) is -0.121. The van der Waals surface area contributed by atoms with Crippen LogP contribution in [0.15, 0.2) is 34.8 Å². The molecule has 0 atom stereocenters. The van der Waals surface area contributed by atoms with Crippen molar-refractivity contribution < 1.29 is 14.5 Å². The Morgan fingerprint density at radius 3 is 2.76 bits per heavy atom. The van der Waals surface area contributed by atoms with Crippen molar-refractivity contribution in [3.63, 3.8) is 0 Å². The van der Waals surface area contributed by atoms with Crippen molar-refractivity contribution in [2.24, 2.45) is 0 Å². The molecular formula is C13H13BO3. The number of allylic oxidation sites excluding steroid dienone is 2. The van der Waals surface area contributed by atoms with Gasteiger partial charge in [0.2, 0.25) is 0 Å². The van der Waals surface area contributed by atoms with E-state index in [0.717, 1.165) is 10.6 Å². The zero-order valence-corrected chi connectivity index (χ0v) is 9.55. The maximum Gasteiger partial charge on any atom is 0.492 e. The summed E-state index contributed by atoms with van der Waals surface area (Å²) in [5.41, 5.74) is 1.35. The molecule has 0 fully saturated rings. The number of furan rings is 1. The van der Waals surface area contributed by atoms with Gasteiger partial charge in [0, 0.05) is 16.1 Å². The lowest BCUT2D eigenvalue weighted by Gasteiger charge is -1.98. The third-order valence-corrected chi connectivity index (χ3v) is 2.59. The van der Waals surface area contributed by atoms with Gasteiger partial charge in [-0.3, -0.25) is 0 Å². The van der Waals surface area contributed by atoms with E-state index in [4.69, 9.17) is 4.42 Å². The second-order valence-corrected chi connectivity index (χ2v) is 3.73. The van der Waals surface area contributed by atoms with E-state index in [1.807, 2.05) is 31.2 Å². The number of benzene rings is 1. The molecule has 0 aliphatic rings. The standard InChI is InChI=1S/C13H13BO3/c1-3-4-6-10-9(2)17-13-11(10)7-5-8-12(13)14(15)16/h3-8,15-16H,2H2,1H3/b4-3-,10-6+. The van der Waals surface area contributed by atoms with Crippen LogP contribution in [0.1, 0.15) is 6.92 Å². The smallest absolute Gasteiger partial charge is 0.457 e. The van der Waals surface area contributed by atoms with E-state index < -0.39 is 7.12 Å². The van der Waals surface area contributed by atoms with Crippen LogP contribution < -0.4 is 16.1 Å². The van der Waals surface area contributed by atoms with Crippen molar-refractivity contribution >= 4 is 36.2 Å². The zero-order chi connectivity index (χ0) is 12.4. The fourth-order valence-electron chi connectivity index (χ4n) is 1.79. The third-order valence-electron chi connectivity index (χ3n) is 2.59. The minimum Gasteiger partial charge on any atom is -0.457 e. The normalized spacial score (nSPS) is 12.8. The van der Waals surface area contributed by atoms with Crippen molar-refractivity contribution in [1.29, 1.82) is 0 Å². The van der Waals surface area contributed by atoms with Crippen molar-refractivity contribution in [2.45, 2.75) is 6.92 Å². The minimum atomic E-state index is -1.54. The van der Waals surface area contributed by atoms with E-state index >= 15 is 0 Å². The Kier molecular flexibility index (Phi) is 3.18. The molecule has 0 aliphatic carbocycles. The van der Waals surface area contributed by atoms with Crippen LogP contribution in [0.2, 0.25) is 0 Å². The molecule has 0 unspecified atom stereocenters. The van der Waals surface area contributed by atoms with E-state index in [2.05, 4.69) is 6.58 Å². The lowest BCUT2D eigenvalue weighted by molar-refractivity contribution is 0.425.